The van der Waals surface area contributed by atoms with E-state index in [9.17, 15) is 0 Å². The molecule has 0 spiro atoms. The van der Waals surface area contributed by atoms with Gasteiger partial charge in [0.2, 0.25) is 0 Å². The third-order valence-corrected chi connectivity index (χ3v) is 11.2. The molecule has 0 atom stereocenters. The number of furan rings is 1. The Balaban J connectivity index is 1.10. The first-order chi connectivity index (χ1) is 28.3. The molecule has 9 aromatic carbocycles. The summed E-state index contributed by atoms with van der Waals surface area (Å²) >= 11 is 0. The third-order valence-electron chi connectivity index (χ3n) is 11.2. The third kappa shape index (κ3) is 5.68. The Morgan fingerprint density at radius 3 is 1.77 bits per heavy atom. The standard InChI is InChI=1S/C54H36N2O/c1-3-14-37(15-4-1)38-26-29-42(30-27-38)55(50-23-10-7-20-45(50)39-16-5-2-6-17-39)44-31-32-47-46-21-8-11-24-51(46)56(52(47)36-44)43-19-13-18-40(34-43)41-28-33-54-49(35-41)48-22-9-12-25-53(48)57-54/h1-36H. The minimum Gasteiger partial charge on any atom is -0.456 e. The summed E-state index contributed by atoms with van der Waals surface area (Å²) in [6.45, 7) is 0. The van der Waals surface area contributed by atoms with Crippen molar-refractivity contribution in [1.82, 2.24) is 4.57 Å². The molecule has 0 amide bonds. The van der Waals surface area contributed by atoms with Crippen molar-refractivity contribution in [2.45, 2.75) is 0 Å². The van der Waals surface area contributed by atoms with Gasteiger partial charge in [-0.25, -0.2) is 0 Å². The molecule has 3 nitrogen and oxygen atoms in total. The average molecular weight is 729 g/mol. The minimum atomic E-state index is 0.902. The number of anilines is 3. The Morgan fingerprint density at radius 1 is 0.333 bits per heavy atom. The van der Waals surface area contributed by atoms with Crippen LogP contribution in [0.3, 0.4) is 0 Å². The minimum absolute atomic E-state index is 0.902. The molecular formula is C54H36N2O. The van der Waals surface area contributed by atoms with E-state index in [0.717, 1.165) is 61.3 Å². The Bertz CT molecular complexity index is 3230. The van der Waals surface area contributed by atoms with E-state index >= 15 is 0 Å². The van der Waals surface area contributed by atoms with Crippen molar-refractivity contribution >= 4 is 60.8 Å². The molecule has 0 unspecified atom stereocenters. The summed E-state index contributed by atoms with van der Waals surface area (Å²) < 4.78 is 8.59. The van der Waals surface area contributed by atoms with E-state index < -0.39 is 0 Å². The Hall–Kier alpha value is -7.62. The van der Waals surface area contributed by atoms with E-state index in [0.29, 0.717) is 0 Å². The van der Waals surface area contributed by atoms with Crippen LogP contribution < -0.4 is 4.90 Å². The van der Waals surface area contributed by atoms with Crippen LogP contribution in [-0.4, -0.2) is 4.57 Å². The molecule has 0 N–H and O–H groups in total. The van der Waals surface area contributed by atoms with Gasteiger partial charge in [-0.3, -0.25) is 0 Å². The number of hydrogen-bond acceptors (Lipinski definition) is 2. The topological polar surface area (TPSA) is 21.3 Å². The summed E-state index contributed by atoms with van der Waals surface area (Å²) in [4.78, 5) is 2.40. The van der Waals surface area contributed by atoms with Crippen molar-refractivity contribution in [3.8, 4) is 39.1 Å². The van der Waals surface area contributed by atoms with Crippen LogP contribution in [0.15, 0.2) is 223 Å². The van der Waals surface area contributed by atoms with Gasteiger partial charge in [0.1, 0.15) is 11.2 Å². The Labute approximate surface area is 330 Å². The average Bonchev–Trinajstić information content (AvgIpc) is 3.83. The van der Waals surface area contributed by atoms with E-state index in [1.807, 2.05) is 12.1 Å². The van der Waals surface area contributed by atoms with Gasteiger partial charge >= 0.3 is 0 Å². The molecule has 0 radical (unpaired) electrons. The zero-order chi connectivity index (χ0) is 37.7. The molecular weight excluding hydrogens is 693 g/mol. The Morgan fingerprint density at radius 2 is 0.930 bits per heavy atom. The second-order valence-corrected chi connectivity index (χ2v) is 14.5. The van der Waals surface area contributed by atoms with Gasteiger partial charge in [-0.2, -0.15) is 0 Å². The predicted molar refractivity (Wildman–Crippen MR) is 239 cm³/mol. The van der Waals surface area contributed by atoms with Crippen LogP contribution in [-0.2, 0) is 0 Å². The second kappa shape index (κ2) is 13.6. The zero-order valence-electron chi connectivity index (χ0n) is 31.1. The highest BCUT2D eigenvalue weighted by atomic mass is 16.3. The lowest BCUT2D eigenvalue weighted by molar-refractivity contribution is 0.669. The highest BCUT2D eigenvalue weighted by Crippen LogP contribution is 2.44. The number of nitrogens with zero attached hydrogens (tertiary/aromatic N) is 2. The summed E-state index contributed by atoms with van der Waals surface area (Å²) in [5.41, 5.74) is 15.5. The smallest absolute Gasteiger partial charge is 0.135 e. The van der Waals surface area contributed by atoms with Crippen molar-refractivity contribution in [2.24, 2.45) is 0 Å². The lowest BCUT2D eigenvalue weighted by atomic mass is 10.0. The van der Waals surface area contributed by atoms with Crippen molar-refractivity contribution in [2.75, 3.05) is 4.90 Å². The van der Waals surface area contributed by atoms with Gasteiger partial charge < -0.3 is 13.9 Å². The molecule has 0 aliphatic rings. The predicted octanol–water partition coefficient (Wildman–Crippen LogP) is 15.2. The molecule has 0 fully saturated rings. The fraction of sp³-hybridized carbons (Fsp3) is 0. The molecule has 11 aromatic rings. The fourth-order valence-corrected chi connectivity index (χ4v) is 8.50. The monoisotopic (exact) mass is 728 g/mol. The van der Waals surface area contributed by atoms with Gasteiger partial charge in [0.05, 0.1) is 16.7 Å². The molecule has 2 aromatic heterocycles. The van der Waals surface area contributed by atoms with Crippen molar-refractivity contribution in [3.05, 3.63) is 218 Å². The summed E-state index contributed by atoms with van der Waals surface area (Å²) in [5, 5.41) is 4.69. The van der Waals surface area contributed by atoms with Crippen LogP contribution in [0.1, 0.15) is 0 Å². The summed E-state index contributed by atoms with van der Waals surface area (Å²) in [7, 11) is 0. The van der Waals surface area contributed by atoms with Gasteiger partial charge in [-0.15, -0.1) is 0 Å². The number of benzene rings is 9. The van der Waals surface area contributed by atoms with Crippen molar-refractivity contribution < 1.29 is 4.42 Å². The highest BCUT2D eigenvalue weighted by molar-refractivity contribution is 6.11. The van der Waals surface area contributed by atoms with Gasteiger partial charge in [-0.05, 0) is 94.5 Å². The van der Waals surface area contributed by atoms with Crippen LogP contribution in [0.5, 0.6) is 0 Å². The molecule has 268 valence electrons. The van der Waals surface area contributed by atoms with E-state index in [2.05, 4.69) is 216 Å². The summed E-state index contributed by atoms with van der Waals surface area (Å²) in [6.07, 6.45) is 0. The molecule has 2 heterocycles. The Kier molecular flexibility index (Phi) is 7.82. The van der Waals surface area contributed by atoms with Crippen LogP contribution in [0.2, 0.25) is 0 Å². The van der Waals surface area contributed by atoms with Gasteiger partial charge in [-0.1, -0.05) is 152 Å². The first-order valence-electron chi connectivity index (χ1n) is 19.4. The van der Waals surface area contributed by atoms with Crippen LogP contribution in [0, 0.1) is 0 Å². The number of aromatic nitrogens is 1. The van der Waals surface area contributed by atoms with Gasteiger partial charge in [0, 0.05) is 44.2 Å². The van der Waals surface area contributed by atoms with E-state index in [1.165, 1.54) is 38.5 Å². The van der Waals surface area contributed by atoms with E-state index in [4.69, 9.17) is 4.42 Å². The molecule has 0 bridgehead atoms. The van der Waals surface area contributed by atoms with E-state index in [1.54, 1.807) is 0 Å². The quantitative estimate of drug-likeness (QED) is 0.163. The number of fused-ring (bicyclic) bond motifs is 6. The second-order valence-electron chi connectivity index (χ2n) is 14.5. The van der Waals surface area contributed by atoms with Gasteiger partial charge in [0.15, 0.2) is 0 Å². The fourth-order valence-electron chi connectivity index (χ4n) is 8.50. The lowest BCUT2D eigenvalue weighted by Gasteiger charge is -2.28. The lowest BCUT2D eigenvalue weighted by Crippen LogP contribution is -2.11. The molecule has 0 aliphatic heterocycles. The van der Waals surface area contributed by atoms with E-state index in [-0.39, 0.29) is 0 Å². The summed E-state index contributed by atoms with van der Waals surface area (Å²) in [5.74, 6) is 0. The zero-order valence-corrected chi connectivity index (χ0v) is 31.1. The molecule has 57 heavy (non-hydrogen) atoms. The number of rotatable bonds is 7. The summed E-state index contributed by atoms with van der Waals surface area (Å²) in [6, 6.07) is 78.3. The van der Waals surface area contributed by atoms with Gasteiger partial charge in [0.25, 0.3) is 0 Å². The first-order valence-corrected chi connectivity index (χ1v) is 19.4. The molecule has 0 saturated carbocycles. The molecule has 0 aliphatic carbocycles. The van der Waals surface area contributed by atoms with Crippen LogP contribution in [0.25, 0.3) is 82.8 Å². The maximum atomic E-state index is 6.17. The first kappa shape index (κ1) is 32.8. The number of para-hydroxylation sites is 3. The maximum Gasteiger partial charge on any atom is 0.135 e. The molecule has 3 heteroatoms. The van der Waals surface area contributed by atoms with Crippen LogP contribution in [0.4, 0.5) is 17.1 Å². The normalized spacial score (nSPS) is 11.5. The van der Waals surface area contributed by atoms with Crippen molar-refractivity contribution in [1.29, 1.82) is 0 Å². The molecule has 11 rings (SSSR count). The highest BCUT2D eigenvalue weighted by Gasteiger charge is 2.20. The van der Waals surface area contributed by atoms with Crippen molar-refractivity contribution in [3.63, 3.8) is 0 Å². The SMILES string of the molecule is c1ccc(-c2ccc(N(c3ccc4c5ccccc5n(-c5cccc(-c6ccc7oc8ccccc8c7c6)c5)c4c3)c3ccccc3-c3ccccc3)cc2)cc1. The number of hydrogen-bond donors (Lipinski definition) is 0. The molecule has 0 saturated heterocycles. The maximum absolute atomic E-state index is 6.17. The van der Waals surface area contributed by atoms with Crippen LogP contribution >= 0.6 is 0 Å². The largest absolute Gasteiger partial charge is 0.456 e.